The number of nitrogens with zero attached hydrogens (tertiary/aromatic N) is 1. The van der Waals surface area contributed by atoms with Crippen LogP contribution < -0.4 is 5.73 Å². The van der Waals surface area contributed by atoms with Crippen LogP contribution in [0.1, 0.15) is 0 Å². The maximum Gasteiger partial charge on any atom is 0.353 e. The molecule has 0 aromatic rings. The lowest BCUT2D eigenvalue weighted by Crippen LogP contribution is -2.02. The van der Waals surface area contributed by atoms with Gasteiger partial charge in [0.05, 0.1) is 0 Å². The number of amides is 2. The van der Waals surface area contributed by atoms with Crippen molar-refractivity contribution in [3.05, 3.63) is 0 Å². The lowest BCUT2D eigenvalue weighted by Gasteiger charge is -1.64. The molecule has 0 aromatic heterocycles. The molecule has 0 aromatic carbocycles. The minimum atomic E-state index is -2.70. The Morgan fingerprint density at radius 3 is 1.88 bits per heavy atom. The first-order valence-electron chi connectivity index (χ1n) is 1.23. The van der Waals surface area contributed by atoms with E-state index in [0.29, 0.717) is 0 Å². The van der Waals surface area contributed by atoms with Crippen LogP contribution in [-0.2, 0) is 10.5 Å². The molecule has 0 saturated heterocycles. The molecule has 7 heteroatoms. The lowest BCUT2D eigenvalue weighted by atomic mass is 11.2. The van der Waals surface area contributed by atoms with Crippen molar-refractivity contribution in [2.24, 2.45) is 10.1 Å². The summed E-state index contributed by atoms with van der Waals surface area (Å²) >= 11 is 0. The van der Waals surface area contributed by atoms with Crippen molar-refractivity contribution in [3.63, 3.8) is 0 Å². The van der Waals surface area contributed by atoms with Gasteiger partial charge < -0.3 is 11.2 Å². The number of primary amides is 1. The van der Waals surface area contributed by atoms with Crippen LogP contribution >= 0.6 is 0 Å². The molecule has 0 rings (SSSR count). The van der Waals surface area contributed by atoms with Gasteiger partial charge in [-0.05, 0) is 0 Å². The van der Waals surface area contributed by atoms with Gasteiger partial charge in [0.1, 0.15) is 0 Å². The number of hydrogen-bond acceptors (Lipinski definition) is 3. The molecule has 0 atom stereocenters. The minimum Gasteiger partial charge on any atom is -0.412 e. The van der Waals surface area contributed by atoms with E-state index in [1.165, 1.54) is 0 Å². The van der Waals surface area contributed by atoms with Crippen LogP contribution in [0, 0.1) is 0 Å². The first-order valence-corrected chi connectivity index (χ1v) is 2.26. The van der Waals surface area contributed by atoms with E-state index in [0.717, 1.165) is 0 Å². The van der Waals surface area contributed by atoms with E-state index in [-0.39, 0.29) is 5.48 Å². The molecule has 6 nitrogen and oxygen atoms in total. The van der Waals surface area contributed by atoms with Crippen molar-refractivity contribution in [1.82, 2.24) is 0 Å². The lowest BCUT2D eigenvalue weighted by molar-refractivity contribution is 0.257. The van der Waals surface area contributed by atoms with Crippen molar-refractivity contribution in [2.75, 3.05) is 0 Å². The monoisotopic (exact) mass is 140 g/mol. The highest BCUT2D eigenvalue weighted by atomic mass is 32.2. The van der Waals surface area contributed by atoms with Gasteiger partial charge in [0.15, 0.2) is 0 Å². The number of urea groups is 1. The van der Waals surface area contributed by atoms with Crippen molar-refractivity contribution in [3.8, 4) is 0 Å². The van der Waals surface area contributed by atoms with Gasteiger partial charge in [-0.25, -0.2) is 4.79 Å². The molecule has 0 unspecified atom stereocenters. The number of hydrogen-bond donors (Lipinski definition) is 1. The first-order chi connectivity index (χ1) is 3.13. The van der Waals surface area contributed by atoms with Crippen LogP contribution in [0.3, 0.4) is 0 Å². The molecule has 0 heterocycles. The summed E-state index contributed by atoms with van der Waals surface area (Å²) in [6.07, 6.45) is 0. The number of carbonyl (C=O) groups is 1. The second-order valence-corrected chi connectivity index (χ2v) is 1.26. The van der Waals surface area contributed by atoms with Gasteiger partial charge in [-0.3, -0.25) is 0 Å². The van der Waals surface area contributed by atoms with E-state index < -0.39 is 16.5 Å². The highest BCUT2D eigenvalue weighted by molar-refractivity contribution is 7.62. The summed E-state index contributed by atoms with van der Waals surface area (Å²) in [6, 6.07) is -1.20. The molecule has 8 heavy (non-hydrogen) atoms. The Morgan fingerprint density at radius 2 is 1.88 bits per heavy atom. The van der Waals surface area contributed by atoms with Gasteiger partial charge in [-0.1, -0.05) is 4.36 Å². The maximum atomic E-state index is 9.47. The summed E-state index contributed by atoms with van der Waals surface area (Å²) in [5, 5.41) is 0. The van der Waals surface area contributed by atoms with E-state index in [4.69, 9.17) is 0 Å². The zero-order chi connectivity index (χ0) is 5.86. The quantitative estimate of drug-likeness (QED) is 0.431. The van der Waals surface area contributed by atoms with E-state index >= 15 is 0 Å². The van der Waals surface area contributed by atoms with Crippen LogP contribution in [-0.4, -0.2) is 19.9 Å². The average Bonchev–Trinajstić information content (AvgIpc) is 1.27. The Kier molecular flexibility index (Phi) is 5.33. The summed E-state index contributed by atoms with van der Waals surface area (Å²) in [5.41, 5.74) is 4.29. The first kappa shape index (κ1) is 10.1. The fourth-order valence-corrected chi connectivity index (χ4v) is 0.220. The van der Waals surface area contributed by atoms with Gasteiger partial charge in [0.25, 0.3) is 0 Å². The third kappa shape index (κ3) is 8.90. The van der Waals surface area contributed by atoms with Crippen molar-refractivity contribution in [1.29, 1.82) is 0 Å². The smallest absolute Gasteiger partial charge is 0.353 e. The summed E-state index contributed by atoms with van der Waals surface area (Å²) in [4.78, 5) is 9.47. The van der Waals surface area contributed by atoms with Crippen molar-refractivity contribution in [2.45, 2.75) is 0 Å². The standard InChI is InChI=1S/CH2N2O3S.H2O/c2-1(4)3-7(5)6;/h(H2,2,4);1H2. The summed E-state index contributed by atoms with van der Waals surface area (Å²) in [5.74, 6) is 0. The normalized spacial score (nSPS) is 6.50. The molecule has 0 fully saturated rings. The fourth-order valence-electron chi connectivity index (χ4n) is 0.0735. The zero-order valence-corrected chi connectivity index (χ0v) is 4.47. The van der Waals surface area contributed by atoms with E-state index in [1.54, 1.807) is 0 Å². The predicted octanol–water partition coefficient (Wildman–Crippen LogP) is -1.70. The molecular weight excluding hydrogens is 136 g/mol. The maximum absolute atomic E-state index is 9.47. The fraction of sp³-hybridized carbons (Fsp3) is 0. The Morgan fingerprint density at radius 1 is 1.50 bits per heavy atom. The summed E-state index contributed by atoms with van der Waals surface area (Å²) in [6.45, 7) is 0. The van der Waals surface area contributed by atoms with Gasteiger partial charge in [0.2, 0.25) is 0 Å². The second kappa shape index (κ2) is 4.22. The highest BCUT2D eigenvalue weighted by Gasteiger charge is 1.80. The Hall–Kier alpha value is -0.950. The number of carbonyl (C=O) groups excluding carboxylic acids is 1. The largest absolute Gasteiger partial charge is 0.412 e. The minimum absolute atomic E-state index is 0. The van der Waals surface area contributed by atoms with E-state index in [9.17, 15) is 13.2 Å². The average molecular weight is 140 g/mol. The van der Waals surface area contributed by atoms with Gasteiger partial charge in [-0.15, -0.1) is 0 Å². The second-order valence-electron chi connectivity index (χ2n) is 0.647. The Bertz CT molecular complexity index is 182. The van der Waals surface area contributed by atoms with Crippen LogP contribution in [0.15, 0.2) is 4.36 Å². The van der Waals surface area contributed by atoms with E-state index in [1.807, 2.05) is 0 Å². The topological polar surface area (TPSA) is 121 Å². The Balaban J connectivity index is 0. The van der Waals surface area contributed by atoms with E-state index in [2.05, 4.69) is 10.1 Å². The molecule has 0 bridgehead atoms. The number of rotatable bonds is 0. The molecule has 0 spiro atoms. The zero-order valence-electron chi connectivity index (χ0n) is 3.66. The van der Waals surface area contributed by atoms with Gasteiger partial charge in [0, 0.05) is 0 Å². The van der Waals surface area contributed by atoms with Gasteiger partial charge in [-0.2, -0.15) is 8.42 Å². The summed E-state index contributed by atoms with van der Waals surface area (Å²) < 4.78 is 21.0. The van der Waals surface area contributed by atoms with Crippen LogP contribution in [0.5, 0.6) is 0 Å². The molecule has 0 aliphatic rings. The third-order valence-electron chi connectivity index (χ3n) is 0.165. The number of nitrogens with two attached hydrogens (primary N) is 1. The SMILES string of the molecule is NC(=O)N=S(=O)=O.O. The molecule has 48 valence electrons. The predicted molar refractivity (Wildman–Crippen MR) is 24.5 cm³/mol. The molecule has 4 N–H and O–H groups in total. The third-order valence-corrected chi connectivity index (χ3v) is 0.494. The molecule has 0 saturated carbocycles. The molecular formula is CH4N2O4S. The van der Waals surface area contributed by atoms with Crippen molar-refractivity contribution < 1.29 is 18.7 Å². The van der Waals surface area contributed by atoms with Gasteiger partial charge >= 0.3 is 16.5 Å². The highest BCUT2D eigenvalue weighted by Crippen LogP contribution is 1.60. The van der Waals surface area contributed by atoms with Crippen LogP contribution in [0.4, 0.5) is 4.79 Å². The summed E-state index contributed by atoms with van der Waals surface area (Å²) in [7, 11) is -2.70. The molecule has 0 aliphatic carbocycles. The molecule has 0 radical (unpaired) electrons. The van der Waals surface area contributed by atoms with Crippen LogP contribution in [0.2, 0.25) is 0 Å². The molecule has 2 amide bonds. The van der Waals surface area contributed by atoms with Crippen LogP contribution in [0.25, 0.3) is 0 Å². The van der Waals surface area contributed by atoms with Crippen molar-refractivity contribution >= 4 is 16.5 Å². The Labute approximate surface area is 46.3 Å². The molecule has 0 aliphatic heterocycles.